The average Bonchev–Trinajstić information content (AvgIpc) is 3.18. The lowest BCUT2D eigenvalue weighted by atomic mass is 10.2. The second-order valence-electron chi connectivity index (χ2n) is 5.74. The van der Waals surface area contributed by atoms with Crippen molar-refractivity contribution in [3.05, 3.63) is 52.3 Å². The fraction of sp³-hybridized carbons (Fsp3) is 0.250. The van der Waals surface area contributed by atoms with Crippen LogP contribution in [0.3, 0.4) is 0 Å². The van der Waals surface area contributed by atoms with Crippen LogP contribution >= 0.6 is 0 Å². The Kier molecular flexibility index (Phi) is 3.60. The van der Waals surface area contributed by atoms with E-state index in [-0.39, 0.29) is 24.3 Å². The second kappa shape index (κ2) is 5.93. The fourth-order valence-corrected chi connectivity index (χ4v) is 2.90. The van der Waals surface area contributed by atoms with E-state index >= 15 is 0 Å². The van der Waals surface area contributed by atoms with Gasteiger partial charge < -0.3 is 24.7 Å². The number of benzene rings is 1. The first-order valence-corrected chi connectivity index (χ1v) is 7.83. The van der Waals surface area contributed by atoms with Gasteiger partial charge in [0.1, 0.15) is 18.5 Å². The van der Waals surface area contributed by atoms with Crippen molar-refractivity contribution in [2.45, 2.75) is 6.54 Å². The molecular formula is C16H15N5O4. The molecule has 0 aliphatic carbocycles. The van der Waals surface area contributed by atoms with Crippen molar-refractivity contribution in [2.24, 2.45) is 0 Å². The monoisotopic (exact) mass is 341 g/mol. The Bertz CT molecular complexity index is 927. The first-order chi connectivity index (χ1) is 12.1. The highest BCUT2D eigenvalue weighted by Crippen LogP contribution is 2.20. The minimum Gasteiger partial charge on any atom is -0.444 e. The van der Waals surface area contributed by atoms with Crippen LogP contribution in [-0.4, -0.2) is 50.0 Å². The first kappa shape index (κ1) is 15.2. The highest BCUT2D eigenvalue weighted by molar-refractivity contribution is 5.98. The minimum absolute atomic E-state index is 0.127. The summed E-state index contributed by atoms with van der Waals surface area (Å²) < 4.78 is 7.04. The third-order valence-electron chi connectivity index (χ3n) is 4.17. The number of nitrogens with one attached hydrogen (secondary N) is 1. The van der Waals surface area contributed by atoms with E-state index in [2.05, 4.69) is 9.97 Å². The smallest absolute Gasteiger partial charge is 0.414 e. The third kappa shape index (κ3) is 2.80. The second-order valence-corrected chi connectivity index (χ2v) is 5.74. The summed E-state index contributed by atoms with van der Waals surface area (Å²) in [4.78, 5) is 31.7. The van der Waals surface area contributed by atoms with Gasteiger partial charge in [0, 0.05) is 29.0 Å². The van der Waals surface area contributed by atoms with E-state index < -0.39 is 4.92 Å². The van der Waals surface area contributed by atoms with Gasteiger partial charge >= 0.3 is 11.8 Å². The number of hydrogen-bond donors (Lipinski definition) is 1. The van der Waals surface area contributed by atoms with Crippen molar-refractivity contribution in [3.63, 3.8) is 0 Å². The molecule has 25 heavy (non-hydrogen) atoms. The molecule has 4 rings (SSSR count). The molecule has 0 bridgehead atoms. The number of aromatic nitrogens is 3. The number of carbonyl (C=O) groups excluding carboxylic acids is 1. The van der Waals surface area contributed by atoms with Crippen LogP contribution in [0.1, 0.15) is 10.5 Å². The molecule has 3 heterocycles. The van der Waals surface area contributed by atoms with E-state index in [0.717, 1.165) is 10.9 Å². The topological polar surface area (TPSA) is 106 Å². The molecule has 0 saturated carbocycles. The van der Waals surface area contributed by atoms with Crippen molar-refractivity contribution >= 4 is 22.6 Å². The van der Waals surface area contributed by atoms with Crippen molar-refractivity contribution in [1.29, 1.82) is 0 Å². The number of amides is 1. The summed E-state index contributed by atoms with van der Waals surface area (Å²) in [6.07, 6.45) is 1.33. The molecule has 1 aliphatic heterocycles. The molecule has 1 aliphatic rings. The van der Waals surface area contributed by atoms with Gasteiger partial charge in [-0.25, -0.2) is 0 Å². The number of hydrogen-bond acceptors (Lipinski definition) is 5. The van der Waals surface area contributed by atoms with Crippen molar-refractivity contribution in [2.75, 3.05) is 19.7 Å². The number of rotatable bonds is 2. The van der Waals surface area contributed by atoms with Crippen LogP contribution in [0.4, 0.5) is 5.82 Å². The lowest BCUT2D eigenvalue weighted by Crippen LogP contribution is -2.38. The number of para-hydroxylation sites is 1. The van der Waals surface area contributed by atoms with Gasteiger partial charge in [0.15, 0.2) is 0 Å². The summed E-state index contributed by atoms with van der Waals surface area (Å²) in [5.41, 5.74) is 1.42. The van der Waals surface area contributed by atoms with E-state index in [4.69, 9.17) is 4.74 Å². The zero-order valence-corrected chi connectivity index (χ0v) is 13.2. The largest absolute Gasteiger partial charge is 0.444 e. The number of ether oxygens (including phenoxy) is 1. The van der Waals surface area contributed by atoms with Gasteiger partial charge in [0.05, 0.1) is 6.54 Å². The normalized spacial score (nSPS) is 14.5. The van der Waals surface area contributed by atoms with E-state index in [0.29, 0.717) is 25.3 Å². The molecule has 9 nitrogen and oxygen atoms in total. The van der Waals surface area contributed by atoms with Gasteiger partial charge in [-0.05, 0) is 17.1 Å². The quantitative estimate of drug-likeness (QED) is 0.565. The highest BCUT2D eigenvalue weighted by Gasteiger charge is 2.25. The predicted octanol–water partition coefficient (Wildman–Crippen LogP) is 1.81. The Morgan fingerprint density at radius 1 is 1.28 bits per heavy atom. The molecule has 2 aromatic heterocycles. The van der Waals surface area contributed by atoms with Gasteiger partial charge in [-0.3, -0.25) is 9.36 Å². The van der Waals surface area contributed by atoms with Gasteiger partial charge in [-0.1, -0.05) is 18.2 Å². The van der Waals surface area contributed by atoms with Gasteiger partial charge in [0.2, 0.25) is 0 Å². The SMILES string of the molecule is O=C(c1cc2ccccc2[nH]1)N1CCOc2nc([N+](=O)[O-])cn2CC1. The van der Waals surface area contributed by atoms with E-state index in [9.17, 15) is 14.9 Å². The van der Waals surface area contributed by atoms with Crippen molar-refractivity contribution < 1.29 is 14.5 Å². The molecule has 0 fully saturated rings. The van der Waals surface area contributed by atoms with Crippen LogP contribution < -0.4 is 4.74 Å². The zero-order chi connectivity index (χ0) is 17.4. The van der Waals surface area contributed by atoms with E-state index in [1.165, 1.54) is 6.20 Å². The van der Waals surface area contributed by atoms with Crippen LogP contribution in [0, 0.1) is 10.1 Å². The molecule has 128 valence electrons. The van der Waals surface area contributed by atoms with Crippen LogP contribution in [0.25, 0.3) is 10.9 Å². The molecule has 0 saturated heterocycles. The molecule has 0 radical (unpaired) electrons. The van der Waals surface area contributed by atoms with Gasteiger partial charge in [-0.2, -0.15) is 0 Å². The van der Waals surface area contributed by atoms with E-state index in [1.807, 2.05) is 30.3 Å². The summed E-state index contributed by atoms with van der Waals surface area (Å²) in [6, 6.07) is 9.72. The van der Waals surface area contributed by atoms with Crippen LogP contribution in [0.5, 0.6) is 6.01 Å². The fourth-order valence-electron chi connectivity index (χ4n) is 2.90. The lowest BCUT2D eigenvalue weighted by Gasteiger charge is -2.24. The molecule has 1 N–H and O–H groups in total. The number of carbonyl (C=O) groups is 1. The van der Waals surface area contributed by atoms with Gasteiger partial charge in [-0.15, -0.1) is 0 Å². The standard InChI is InChI=1S/C16H15N5O4/c22-15(13-9-11-3-1-2-4-12(11)17-13)19-5-6-20-10-14(21(23)24)18-16(20)25-8-7-19/h1-4,9-10,17H,5-8H2. The van der Waals surface area contributed by atoms with Crippen LogP contribution in [0.15, 0.2) is 36.5 Å². The Morgan fingerprint density at radius 3 is 2.92 bits per heavy atom. The maximum Gasteiger partial charge on any atom is 0.414 e. The maximum atomic E-state index is 12.8. The summed E-state index contributed by atoms with van der Waals surface area (Å²) in [7, 11) is 0. The summed E-state index contributed by atoms with van der Waals surface area (Å²) >= 11 is 0. The summed E-state index contributed by atoms with van der Waals surface area (Å²) in [5.74, 6) is -0.386. The molecule has 0 atom stereocenters. The average molecular weight is 341 g/mol. The van der Waals surface area contributed by atoms with Crippen LogP contribution in [-0.2, 0) is 6.54 Å². The maximum absolute atomic E-state index is 12.8. The Labute approximate surface area is 142 Å². The number of nitro groups is 1. The summed E-state index contributed by atoms with van der Waals surface area (Å²) in [5, 5.41) is 11.8. The number of fused-ring (bicyclic) bond motifs is 2. The Hall–Kier alpha value is -3.36. The molecule has 1 aromatic carbocycles. The van der Waals surface area contributed by atoms with Gasteiger partial charge in [0.25, 0.3) is 5.91 Å². The van der Waals surface area contributed by atoms with Crippen molar-refractivity contribution in [3.8, 4) is 6.01 Å². The number of H-pyrrole nitrogens is 1. The van der Waals surface area contributed by atoms with Crippen LogP contribution in [0.2, 0.25) is 0 Å². The third-order valence-corrected chi connectivity index (χ3v) is 4.17. The zero-order valence-electron chi connectivity index (χ0n) is 13.2. The predicted molar refractivity (Wildman–Crippen MR) is 88.6 cm³/mol. The molecule has 3 aromatic rings. The molecule has 0 spiro atoms. The number of imidazole rings is 1. The Morgan fingerprint density at radius 2 is 2.12 bits per heavy atom. The van der Waals surface area contributed by atoms with E-state index in [1.54, 1.807) is 9.47 Å². The first-order valence-electron chi connectivity index (χ1n) is 7.83. The molecule has 0 unspecified atom stereocenters. The number of aromatic amines is 1. The molecular weight excluding hydrogens is 326 g/mol. The number of nitrogens with zero attached hydrogens (tertiary/aromatic N) is 4. The highest BCUT2D eigenvalue weighted by atomic mass is 16.6. The minimum atomic E-state index is -0.561. The summed E-state index contributed by atoms with van der Waals surface area (Å²) in [6.45, 7) is 1.40. The molecule has 1 amide bonds. The van der Waals surface area contributed by atoms with Crippen molar-refractivity contribution in [1.82, 2.24) is 19.4 Å². The molecule has 9 heteroatoms. The Balaban J connectivity index is 1.55. The lowest BCUT2D eigenvalue weighted by molar-refractivity contribution is -0.389.